The van der Waals surface area contributed by atoms with Crippen molar-refractivity contribution in [2.45, 2.75) is 26.7 Å². The van der Waals surface area contributed by atoms with Crippen molar-refractivity contribution in [2.24, 2.45) is 0 Å². The molecule has 2 aromatic carbocycles. The van der Waals surface area contributed by atoms with Crippen molar-refractivity contribution >= 4 is 34.9 Å². The summed E-state index contributed by atoms with van der Waals surface area (Å²) in [7, 11) is 0. The Hall–Kier alpha value is -2.93. The van der Waals surface area contributed by atoms with Crippen molar-refractivity contribution < 1.29 is 19.1 Å². The van der Waals surface area contributed by atoms with E-state index in [0.717, 1.165) is 18.6 Å². The number of esters is 1. The van der Waals surface area contributed by atoms with E-state index in [-0.39, 0.29) is 17.0 Å². The number of benzene rings is 2. The molecule has 0 bridgehead atoms. The molecule has 0 aromatic heterocycles. The molecule has 148 valence electrons. The Morgan fingerprint density at radius 2 is 1.61 bits per heavy atom. The molecule has 0 spiro atoms. The Balaban J connectivity index is 1.86. The van der Waals surface area contributed by atoms with E-state index in [4.69, 9.17) is 21.7 Å². The summed E-state index contributed by atoms with van der Waals surface area (Å²) >= 11 is 5.18. The summed E-state index contributed by atoms with van der Waals surface area (Å²) in [6.45, 7) is 4.83. The van der Waals surface area contributed by atoms with E-state index in [1.54, 1.807) is 55.5 Å². The highest BCUT2D eigenvalue weighted by molar-refractivity contribution is 7.80. The SMILES string of the molecule is CCCCOc1ccc(C(=O)NC(=S)Nc2ccc(C(=O)OCC)cc2)cc1. The van der Waals surface area contributed by atoms with Crippen LogP contribution in [0.1, 0.15) is 47.4 Å². The Kier molecular flexibility index (Phi) is 8.42. The van der Waals surface area contributed by atoms with Crippen molar-refractivity contribution in [3.05, 3.63) is 59.7 Å². The highest BCUT2D eigenvalue weighted by Gasteiger charge is 2.09. The van der Waals surface area contributed by atoms with Crippen LogP contribution in [0.25, 0.3) is 0 Å². The first-order valence-electron chi connectivity index (χ1n) is 9.15. The topological polar surface area (TPSA) is 76.7 Å². The molecule has 2 N–H and O–H groups in total. The van der Waals surface area contributed by atoms with E-state index in [1.165, 1.54) is 0 Å². The normalized spacial score (nSPS) is 10.1. The Bertz CT molecular complexity index is 804. The molecule has 0 unspecified atom stereocenters. The van der Waals surface area contributed by atoms with Gasteiger partial charge in [0.1, 0.15) is 5.75 Å². The predicted molar refractivity (Wildman–Crippen MR) is 113 cm³/mol. The van der Waals surface area contributed by atoms with Crippen molar-refractivity contribution in [3.63, 3.8) is 0 Å². The second-order valence-electron chi connectivity index (χ2n) is 5.93. The van der Waals surface area contributed by atoms with Gasteiger partial charge >= 0.3 is 5.97 Å². The lowest BCUT2D eigenvalue weighted by Gasteiger charge is -2.11. The average Bonchev–Trinajstić information content (AvgIpc) is 2.69. The minimum Gasteiger partial charge on any atom is -0.494 e. The van der Waals surface area contributed by atoms with Gasteiger partial charge in [0.2, 0.25) is 0 Å². The average molecular weight is 401 g/mol. The number of hydrogen-bond donors (Lipinski definition) is 2. The first kappa shape index (κ1) is 21.4. The fourth-order valence-electron chi connectivity index (χ4n) is 2.28. The molecule has 0 saturated carbocycles. The molecule has 0 aliphatic heterocycles. The summed E-state index contributed by atoms with van der Waals surface area (Å²) in [5, 5.41) is 5.70. The van der Waals surface area contributed by atoms with E-state index in [9.17, 15) is 9.59 Å². The smallest absolute Gasteiger partial charge is 0.338 e. The third-order valence-corrected chi connectivity index (χ3v) is 3.97. The number of ether oxygens (including phenoxy) is 2. The Morgan fingerprint density at radius 1 is 0.964 bits per heavy atom. The largest absolute Gasteiger partial charge is 0.494 e. The third kappa shape index (κ3) is 6.66. The van der Waals surface area contributed by atoms with Gasteiger partial charge in [-0.3, -0.25) is 10.1 Å². The molecule has 0 atom stereocenters. The fourth-order valence-corrected chi connectivity index (χ4v) is 2.49. The van der Waals surface area contributed by atoms with E-state index < -0.39 is 0 Å². The van der Waals surface area contributed by atoms with Gasteiger partial charge in [-0.2, -0.15) is 0 Å². The van der Waals surface area contributed by atoms with Crippen LogP contribution in [0.15, 0.2) is 48.5 Å². The van der Waals surface area contributed by atoms with Crippen molar-refractivity contribution in [1.82, 2.24) is 5.32 Å². The quantitative estimate of drug-likeness (QED) is 0.393. The van der Waals surface area contributed by atoms with E-state index in [2.05, 4.69) is 17.6 Å². The molecule has 0 fully saturated rings. The number of unbranched alkanes of at least 4 members (excludes halogenated alkanes) is 1. The maximum Gasteiger partial charge on any atom is 0.338 e. The zero-order valence-corrected chi connectivity index (χ0v) is 16.8. The number of carbonyl (C=O) groups is 2. The summed E-state index contributed by atoms with van der Waals surface area (Å²) in [5.74, 6) is 0.0280. The molecule has 0 aliphatic carbocycles. The summed E-state index contributed by atoms with van der Waals surface area (Å²) in [5.41, 5.74) is 1.58. The van der Waals surface area contributed by atoms with Crippen LogP contribution in [0.4, 0.5) is 5.69 Å². The van der Waals surface area contributed by atoms with Gasteiger partial charge in [0.25, 0.3) is 5.91 Å². The van der Waals surface area contributed by atoms with E-state index >= 15 is 0 Å². The molecule has 7 heteroatoms. The molecule has 6 nitrogen and oxygen atoms in total. The first-order chi connectivity index (χ1) is 13.5. The summed E-state index contributed by atoms with van der Waals surface area (Å²) in [4.78, 5) is 23.9. The van der Waals surface area contributed by atoms with Crippen molar-refractivity contribution in [1.29, 1.82) is 0 Å². The fraction of sp³-hybridized carbons (Fsp3) is 0.286. The molecular formula is C21H24N2O4S. The molecule has 1 amide bonds. The van der Waals surface area contributed by atoms with Crippen LogP contribution in [0.2, 0.25) is 0 Å². The number of anilines is 1. The van der Waals surface area contributed by atoms with Crippen LogP contribution in [-0.4, -0.2) is 30.2 Å². The molecule has 0 radical (unpaired) electrons. The maximum atomic E-state index is 12.3. The standard InChI is InChI=1S/C21H24N2O4S/c1-3-5-14-27-18-12-8-15(9-13-18)19(24)23-21(28)22-17-10-6-16(7-11-17)20(25)26-4-2/h6-13H,3-5,14H2,1-2H3,(H2,22,23,24,28). The number of hydrogen-bond acceptors (Lipinski definition) is 5. The molecule has 2 rings (SSSR count). The second-order valence-corrected chi connectivity index (χ2v) is 6.34. The van der Waals surface area contributed by atoms with Gasteiger partial charge in [0.05, 0.1) is 18.8 Å². The lowest BCUT2D eigenvalue weighted by molar-refractivity contribution is 0.0526. The zero-order valence-electron chi connectivity index (χ0n) is 16.0. The van der Waals surface area contributed by atoms with Gasteiger partial charge in [0, 0.05) is 11.3 Å². The third-order valence-electron chi connectivity index (χ3n) is 3.76. The molecular weight excluding hydrogens is 376 g/mol. The summed E-state index contributed by atoms with van der Waals surface area (Å²) < 4.78 is 10.5. The number of amides is 1. The highest BCUT2D eigenvalue weighted by atomic mass is 32.1. The monoisotopic (exact) mass is 400 g/mol. The van der Waals surface area contributed by atoms with Gasteiger partial charge in [0.15, 0.2) is 5.11 Å². The summed E-state index contributed by atoms with van der Waals surface area (Å²) in [6.07, 6.45) is 2.05. The molecule has 0 heterocycles. The van der Waals surface area contributed by atoms with Crippen molar-refractivity contribution in [2.75, 3.05) is 18.5 Å². The molecule has 0 aliphatic rings. The first-order valence-corrected chi connectivity index (χ1v) is 9.56. The number of carbonyl (C=O) groups excluding carboxylic acids is 2. The van der Waals surface area contributed by atoms with Crippen LogP contribution in [0.5, 0.6) is 5.75 Å². The van der Waals surface area contributed by atoms with Crippen molar-refractivity contribution in [3.8, 4) is 5.75 Å². The lowest BCUT2D eigenvalue weighted by Crippen LogP contribution is -2.34. The molecule has 28 heavy (non-hydrogen) atoms. The van der Waals surface area contributed by atoms with Gasteiger partial charge < -0.3 is 14.8 Å². The van der Waals surface area contributed by atoms with Gasteiger partial charge in [-0.1, -0.05) is 13.3 Å². The number of nitrogens with one attached hydrogen (secondary N) is 2. The van der Waals surface area contributed by atoms with Crippen LogP contribution >= 0.6 is 12.2 Å². The second kappa shape index (κ2) is 11.0. The highest BCUT2D eigenvalue weighted by Crippen LogP contribution is 2.13. The maximum absolute atomic E-state index is 12.3. The van der Waals surface area contributed by atoms with Crippen LogP contribution < -0.4 is 15.4 Å². The van der Waals surface area contributed by atoms with E-state index in [0.29, 0.717) is 30.0 Å². The van der Waals surface area contributed by atoms with Crippen LogP contribution in [0, 0.1) is 0 Å². The predicted octanol–water partition coefficient (Wildman–Crippen LogP) is 4.17. The summed E-state index contributed by atoms with van der Waals surface area (Å²) in [6, 6.07) is 13.5. The Labute approximate surface area is 170 Å². The van der Waals surface area contributed by atoms with Crippen LogP contribution in [0.3, 0.4) is 0 Å². The minimum absolute atomic E-state index is 0.164. The molecule has 0 saturated heterocycles. The van der Waals surface area contributed by atoms with Gasteiger partial charge in [-0.15, -0.1) is 0 Å². The molecule has 2 aromatic rings. The number of thiocarbonyl (C=S) groups is 1. The van der Waals surface area contributed by atoms with Gasteiger partial charge in [-0.25, -0.2) is 4.79 Å². The Morgan fingerprint density at radius 3 is 2.21 bits per heavy atom. The van der Waals surface area contributed by atoms with Crippen LogP contribution in [-0.2, 0) is 4.74 Å². The zero-order chi connectivity index (χ0) is 20.4. The van der Waals surface area contributed by atoms with E-state index in [1.807, 2.05) is 0 Å². The number of rotatable bonds is 8. The minimum atomic E-state index is -0.382. The van der Waals surface area contributed by atoms with Gasteiger partial charge in [-0.05, 0) is 74.1 Å². The lowest BCUT2D eigenvalue weighted by atomic mass is 10.2.